The lowest BCUT2D eigenvalue weighted by Crippen LogP contribution is -2.19. The second-order valence-electron chi connectivity index (χ2n) is 5.97. The second-order valence-corrected chi connectivity index (χ2v) is 5.97. The summed E-state index contributed by atoms with van der Waals surface area (Å²) in [6.07, 6.45) is 10.8. The first-order valence-corrected chi connectivity index (χ1v) is 9.03. The maximum Gasteiger partial charge on any atom is 0.306 e. The van der Waals surface area contributed by atoms with Gasteiger partial charge < -0.3 is 14.6 Å². The minimum absolute atomic E-state index is 0.0204. The van der Waals surface area contributed by atoms with Gasteiger partial charge in [-0.15, -0.1) is 0 Å². The number of aliphatic carboxylic acids is 1. The molecule has 0 aliphatic rings. The Labute approximate surface area is 144 Å². The van der Waals surface area contributed by atoms with Crippen LogP contribution in [0.25, 0.3) is 0 Å². The number of carboxylic acids is 1. The Morgan fingerprint density at radius 2 is 1.38 bits per heavy atom. The van der Waals surface area contributed by atoms with Crippen LogP contribution in [0.4, 0.5) is 0 Å². The molecule has 0 rings (SSSR count). The first-order valence-electron chi connectivity index (χ1n) is 9.03. The van der Waals surface area contributed by atoms with Crippen LogP contribution in [0.1, 0.15) is 77.6 Å². The SMILES string of the molecule is CCCCCCCCCCCC(=O)OCC(=O)COCCC(=O)O. The van der Waals surface area contributed by atoms with Crippen molar-refractivity contribution in [1.82, 2.24) is 0 Å². The summed E-state index contributed by atoms with van der Waals surface area (Å²) in [5.41, 5.74) is 0. The maximum absolute atomic E-state index is 11.5. The molecule has 0 unspecified atom stereocenters. The average Bonchev–Trinajstić information content (AvgIpc) is 2.55. The maximum atomic E-state index is 11.5. The topological polar surface area (TPSA) is 89.9 Å². The van der Waals surface area contributed by atoms with Gasteiger partial charge in [-0.1, -0.05) is 58.3 Å². The fraction of sp³-hybridized carbons (Fsp3) is 0.833. The van der Waals surface area contributed by atoms with Crippen LogP contribution >= 0.6 is 0 Å². The fourth-order valence-electron chi connectivity index (χ4n) is 2.20. The van der Waals surface area contributed by atoms with Crippen LogP contribution in [0.15, 0.2) is 0 Å². The molecule has 0 saturated carbocycles. The van der Waals surface area contributed by atoms with Crippen molar-refractivity contribution in [3.63, 3.8) is 0 Å². The number of rotatable bonds is 17. The highest BCUT2D eigenvalue weighted by molar-refractivity contribution is 5.83. The van der Waals surface area contributed by atoms with E-state index in [2.05, 4.69) is 6.92 Å². The van der Waals surface area contributed by atoms with Crippen molar-refractivity contribution in [2.24, 2.45) is 0 Å². The number of Topliss-reactive ketones (excluding diaryl/α,β-unsaturated/α-hetero) is 1. The van der Waals surface area contributed by atoms with Crippen LogP contribution in [-0.2, 0) is 23.9 Å². The highest BCUT2D eigenvalue weighted by Gasteiger charge is 2.08. The molecule has 0 aliphatic heterocycles. The first-order chi connectivity index (χ1) is 11.6. The summed E-state index contributed by atoms with van der Waals surface area (Å²) in [7, 11) is 0. The molecular formula is C18H32O6. The molecule has 0 heterocycles. The van der Waals surface area contributed by atoms with Gasteiger partial charge in [0.05, 0.1) is 13.0 Å². The Kier molecular flexibility index (Phi) is 15.4. The van der Waals surface area contributed by atoms with E-state index in [-0.39, 0.29) is 38.0 Å². The molecule has 0 aromatic rings. The van der Waals surface area contributed by atoms with Crippen LogP contribution < -0.4 is 0 Å². The number of carbonyl (C=O) groups excluding carboxylic acids is 2. The van der Waals surface area contributed by atoms with Crippen molar-refractivity contribution in [1.29, 1.82) is 0 Å². The van der Waals surface area contributed by atoms with Crippen molar-refractivity contribution in [3.05, 3.63) is 0 Å². The lowest BCUT2D eigenvalue weighted by atomic mass is 10.1. The summed E-state index contributed by atoms with van der Waals surface area (Å²) in [4.78, 5) is 33.1. The molecule has 6 heteroatoms. The molecule has 0 amide bonds. The Morgan fingerprint density at radius 1 is 0.792 bits per heavy atom. The summed E-state index contributed by atoms with van der Waals surface area (Å²) < 4.78 is 9.75. The third kappa shape index (κ3) is 16.9. The van der Waals surface area contributed by atoms with Gasteiger partial charge in [0.2, 0.25) is 0 Å². The number of hydrogen-bond donors (Lipinski definition) is 1. The molecular weight excluding hydrogens is 312 g/mol. The molecule has 0 aromatic heterocycles. The van der Waals surface area contributed by atoms with Gasteiger partial charge in [-0.2, -0.15) is 0 Å². The normalized spacial score (nSPS) is 10.5. The lowest BCUT2D eigenvalue weighted by molar-refractivity contribution is -0.149. The van der Waals surface area contributed by atoms with E-state index in [0.29, 0.717) is 6.42 Å². The number of hydrogen-bond acceptors (Lipinski definition) is 5. The zero-order valence-corrected chi connectivity index (χ0v) is 14.9. The van der Waals surface area contributed by atoms with Gasteiger partial charge in [0.25, 0.3) is 0 Å². The molecule has 6 nitrogen and oxygen atoms in total. The van der Waals surface area contributed by atoms with Crippen molar-refractivity contribution < 1.29 is 29.0 Å². The van der Waals surface area contributed by atoms with Gasteiger partial charge >= 0.3 is 11.9 Å². The predicted octanol–water partition coefficient (Wildman–Crippen LogP) is 3.51. The molecule has 140 valence electrons. The minimum atomic E-state index is -0.977. The van der Waals surface area contributed by atoms with Crippen molar-refractivity contribution in [3.8, 4) is 0 Å². The van der Waals surface area contributed by atoms with Crippen LogP contribution in [0.5, 0.6) is 0 Å². The quantitative estimate of drug-likeness (QED) is 0.321. The number of ketones is 1. The van der Waals surface area contributed by atoms with E-state index in [4.69, 9.17) is 14.6 Å². The van der Waals surface area contributed by atoms with Crippen LogP contribution in [-0.4, -0.2) is 42.6 Å². The van der Waals surface area contributed by atoms with Crippen molar-refractivity contribution in [2.45, 2.75) is 77.6 Å². The number of ether oxygens (including phenoxy) is 2. The van der Waals surface area contributed by atoms with E-state index in [0.717, 1.165) is 19.3 Å². The highest BCUT2D eigenvalue weighted by atomic mass is 16.5. The van der Waals surface area contributed by atoms with Crippen LogP contribution in [0, 0.1) is 0 Å². The average molecular weight is 344 g/mol. The van der Waals surface area contributed by atoms with E-state index in [1.165, 1.54) is 38.5 Å². The molecule has 0 fully saturated rings. The standard InChI is InChI=1S/C18H32O6/c1-2-3-4-5-6-7-8-9-10-11-18(22)24-15-16(19)14-23-13-12-17(20)21/h2-15H2,1H3,(H,20,21). The summed E-state index contributed by atoms with van der Waals surface area (Å²) in [6, 6.07) is 0. The first kappa shape index (κ1) is 22.6. The predicted molar refractivity (Wildman–Crippen MR) is 90.9 cm³/mol. The van der Waals surface area contributed by atoms with Gasteiger partial charge in [0.1, 0.15) is 6.61 Å². The molecule has 0 aliphatic carbocycles. The van der Waals surface area contributed by atoms with Crippen LogP contribution in [0.2, 0.25) is 0 Å². The Bertz CT molecular complexity index is 353. The largest absolute Gasteiger partial charge is 0.481 e. The monoisotopic (exact) mass is 344 g/mol. The van der Waals surface area contributed by atoms with Gasteiger partial charge in [-0.05, 0) is 6.42 Å². The third-order valence-corrected chi connectivity index (χ3v) is 3.60. The van der Waals surface area contributed by atoms with E-state index in [1.54, 1.807) is 0 Å². The van der Waals surface area contributed by atoms with Crippen LogP contribution in [0.3, 0.4) is 0 Å². The number of esters is 1. The molecule has 0 bridgehead atoms. The Balaban J connectivity index is 3.37. The Hall–Kier alpha value is -1.43. The zero-order chi connectivity index (χ0) is 18.0. The third-order valence-electron chi connectivity index (χ3n) is 3.60. The number of unbranched alkanes of at least 4 members (excludes halogenated alkanes) is 8. The minimum Gasteiger partial charge on any atom is -0.481 e. The van der Waals surface area contributed by atoms with Gasteiger partial charge in [0, 0.05) is 6.42 Å². The molecule has 0 spiro atoms. The second kappa shape index (κ2) is 16.4. The number of carbonyl (C=O) groups is 3. The molecule has 0 aromatic carbocycles. The fourth-order valence-corrected chi connectivity index (χ4v) is 2.20. The molecule has 1 N–H and O–H groups in total. The van der Waals surface area contributed by atoms with E-state index in [1.807, 2.05) is 0 Å². The summed E-state index contributed by atoms with van der Waals surface area (Å²) in [6.45, 7) is 1.66. The molecule has 0 atom stereocenters. The summed E-state index contributed by atoms with van der Waals surface area (Å²) in [5, 5.41) is 8.41. The van der Waals surface area contributed by atoms with Gasteiger partial charge in [0.15, 0.2) is 12.4 Å². The smallest absolute Gasteiger partial charge is 0.306 e. The highest BCUT2D eigenvalue weighted by Crippen LogP contribution is 2.10. The van der Waals surface area contributed by atoms with Gasteiger partial charge in [-0.25, -0.2) is 0 Å². The molecule has 0 saturated heterocycles. The van der Waals surface area contributed by atoms with E-state index >= 15 is 0 Å². The summed E-state index contributed by atoms with van der Waals surface area (Å²) in [5.74, 6) is -1.70. The van der Waals surface area contributed by atoms with E-state index in [9.17, 15) is 14.4 Å². The van der Waals surface area contributed by atoms with Crippen molar-refractivity contribution in [2.75, 3.05) is 19.8 Å². The summed E-state index contributed by atoms with van der Waals surface area (Å²) >= 11 is 0. The van der Waals surface area contributed by atoms with E-state index < -0.39 is 5.97 Å². The lowest BCUT2D eigenvalue weighted by Gasteiger charge is -2.05. The zero-order valence-electron chi connectivity index (χ0n) is 14.9. The molecule has 24 heavy (non-hydrogen) atoms. The Morgan fingerprint density at radius 3 is 1.96 bits per heavy atom. The van der Waals surface area contributed by atoms with Gasteiger partial charge in [-0.3, -0.25) is 14.4 Å². The molecule has 0 radical (unpaired) electrons. The number of carboxylic acid groups (broad SMARTS) is 1. The van der Waals surface area contributed by atoms with Crippen molar-refractivity contribution >= 4 is 17.7 Å².